The zero-order chi connectivity index (χ0) is 13.1. The Labute approximate surface area is 97.0 Å². The number of halogens is 2. The first-order chi connectivity index (χ1) is 7.94. The molecule has 1 saturated carbocycles. The summed E-state index contributed by atoms with van der Waals surface area (Å²) >= 11 is 0. The maximum absolute atomic E-state index is 12.3. The van der Waals surface area contributed by atoms with Crippen LogP contribution in [0, 0.1) is 5.41 Å². The van der Waals surface area contributed by atoms with Crippen LogP contribution in [-0.2, 0) is 9.59 Å². The maximum Gasteiger partial charge on any atom is 0.319 e. The summed E-state index contributed by atoms with van der Waals surface area (Å²) in [5.74, 6) is -2.09. The van der Waals surface area contributed by atoms with Crippen molar-refractivity contribution in [3.63, 3.8) is 0 Å². The molecule has 0 aliphatic heterocycles. The van der Waals surface area contributed by atoms with Gasteiger partial charge in [-0.2, -0.15) is 0 Å². The van der Waals surface area contributed by atoms with Gasteiger partial charge < -0.3 is 15.1 Å². The van der Waals surface area contributed by atoms with Gasteiger partial charge in [-0.25, -0.2) is 8.78 Å². The monoisotopic (exact) mass is 251 g/mol. The number of alkyl halides is 2. The largest absolute Gasteiger partial charge is 0.480 e. The van der Waals surface area contributed by atoms with Crippen molar-refractivity contribution in [3.05, 3.63) is 0 Å². The molecule has 0 aromatic heterocycles. The van der Waals surface area contributed by atoms with Crippen molar-refractivity contribution in [2.75, 3.05) is 19.7 Å². The fourth-order valence-electron chi connectivity index (χ4n) is 1.92. The van der Waals surface area contributed by atoms with Gasteiger partial charge in [0.15, 0.2) is 0 Å². The normalized spacial score (nSPS) is 17.6. The number of rotatable bonds is 6. The Morgan fingerprint density at radius 2 is 1.94 bits per heavy atom. The van der Waals surface area contributed by atoms with Gasteiger partial charge >= 0.3 is 5.97 Å². The lowest BCUT2D eigenvalue weighted by atomic mass is 9.67. The van der Waals surface area contributed by atoms with E-state index in [1.807, 2.05) is 0 Å². The van der Waals surface area contributed by atoms with Crippen LogP contribution in [0.1, 0.15) is 19.3 Å². The topological polar surface area (TPSA) is 77.8 Å². The van der Waals surface area contributed by atoms with Gasteiger partial charge in [0, 0.05) is 6.54 Å². The molecule has 7 heteroatoms. The van der Waals surface area contributed by atoms with E-state index in [-0.39, 0.29) is 19.4 Å². The summed E-state index contributed by atoms with van der Waals surface area (Å²) in [4.78, 5) is 23.7. The average Bonchev–Trinajstić information content (AvgIpc) is 2.13. The fraction of sp³-hybridized carbons (Fsp3) is 0.800. The summed E-state index contributed by atoms with van der Waals surface area (Å²) in [5, 5.41) is 17.7. The molecule has 0 heterocycles. The SMILES string of the molecule is O=C(O)C1(C(=O)N(CCO)CC(F)F)CCC1. The van der Waals surface area contributed by atoms with Crippen molar-refractivity contribution in [1.82, 2.24) is 4.90 Å². The van der Waals surface area contributed by atoms with E-state index in [0.717, 1.165) is 4.90 Å². The van der Waals surface area contributed by atoms with Crippen LogP contribution in [0.15, 0.2) is 0 Å². The summed E-state index contributed by atoms with van der Waals surface area (Å²) in [6.07, 6.45) is -1.80. The quantitative estimate of drug-likeness (QED) is 0.667. The van der Waals surface area contributed by atoms with E-state index in [2.05, 4.69) is 0 Å². The molecule has 1 amide bonds. The van der Waals surface area contributed by atoms with Crippen LogP contribution in [0.2, 0.25) is 0 Å². The molecule has 0 bridgehead atoms. The third-order valence-corrected chi connectivity index (χ3v) is 3.04. The second-order valence-corrected chi connectivity index (χ2v) is 4.11. The van der Waals surface area contributed by atoms with E-state index in [1.54, 1.807) is 0 Å². The van der Waals surface area contributed by atoms with Crippen LogP contribution in [0.4, 0.5) is 8.78 Å². The van der Waals surface area contributed by atoms with Gasteiger partial charge in [0.05, 0.1) is 13.2 Å². The molecule has 17 heavy (non-hydrogen) atoms. The first-order valence-electron chi connectivity index (χ1n) is 5.36. The molecular weight excluding hydrogens is 236 g/mol. The molecule has 0 spiro atoms. The number of hydrogen-bond acceptors (Lipinski definition) is 3. The van der Waals surface area contributed by atoms with Gasteiger partial charge in [-0.1, -0.05) is 6.42 Å². The standard InChI is InChI=1S/C10H15F2NO4/c11-7(12)6-13(4-5-14)8(15)10(9(16)17)2-1-3-10/h7,14H,1-6H2,(H,16,17). The Morgan fingerprint density at radius 3 is 2.24 bits per heavy atom. The number of aliphatic carboxylic acids is 1. The number of carboxylic acids is 1. The number of carbonyl (C=O) groups is 2. The lowest BCUT2D eigenvalue weighted by Gasteiger charge is -2.39. The van der Waals surface area contributed by atoms with Crippen LogP contribution in [-0.4, -0.2) is 53.1 Å². The minimum atomic E-state index is -2.74. The Hall–Kier alpha value is -1.24. The zero-order valence-electron chi connectivity index (χ0n) is 9.23. The van der Waals surface area contributed by atoms with Crippen LogP contribution >= 0.6 is 0 Å². The smallest absolute Gasteiger partial charge is 0.319 e. The van der Waals surface area contributed by atoms with Crippen LogP contribution in [0.3, 0.4) is 0 Å². The molecular formula is C10H15F2NO4. The molecule has 1 aliphatic rings. The second kappa shape index (κ2) is 5.39. The van der Waals surface area contributed by atoms with E-state index in [1.165, 1.54) is 0 Å². The van der Waals surface area contributed by atoms with Gasteiger partial charge in [-0.05, 0) is 12.8 Å². The fourth-order valence-corrected chi connectivity index (χ4v) is 1.92. The first-order valence-corrected chi connectivity index (χ1v) is 5.36. The third-order valence-electron chi connectivity index (χ3n) is 3.04. The maximum atomic E-state index is 12.3. The number of aliphatic hydroxyl groups is 1. The van der Waals surface area contributed by atoms with E-state index in [0.29, 0.717) is 6.42 Å². The van der Waals surface area contributed by atoms with Crippen molar-refractivity contribution in [2.45, 2.75) is 25.7 Å². The predicted molar refractivity (Wildman–Crippen MR) is 53.6 cm³/mol. The van der Waals surface area contributed by atoms with Gasteiger partial charge in [0.1, 0.15) is 5.41 Å². The van der Waals surface area contributed by atoms with Gasteiger partial charge in [-0.3, -0.25) is 9.59 Å². The van der Waals surface area contributed by atoms with Gasteiger partial charge in [0.2, 0.25) is 5.91 Å². The summed E-state index contributed by atoms with van der Waals surface area (Å²) in [6.45, 7) is -1.57. The van der Waals surface area contributed by atoms with Crippen LogP contribution in [0.25, 0.3) is 0 Å². The number of carboxylic acid groups (broad SMARTS) is 1. The van der Waals surface area contributed by atoms with Gasteiger partial charge in [0.25, 0.3) is 6.43 Å². The molecule has 1 aliphatic carbocycles. The Morgan fingerprint density at radius 1 is 1.35 bits per heavy atom. The van der Waals surface area contributed by atoms with Crippen molar-refractivity contribution in [1.29, 1.82) is 0 Å². The molecule has 0 saturated heterocycles. The molecule has 1 rings (SSSR count). The lowest BCUT2D eigenvalue weighted by molar-refractivity contribution is -0.168. The number of amides is 1. The highest BCUT2D eigenvalue weighted by atomic mass is 19.3. The number of aliphatic hydroxyl groups excluding tert-OH is 1. The average molecular weight is 251 g/mol. The van der Waals surface area contributed by atoms with Crippen LogP contribution in [0.5, 0.6) is 0 Å². The molecule has 0 atom stereocenters. The molecule has 98 valence electrons. The lowest BCUT2D eigenvalue weighted by Crippen LogP contribution is -2.54. The minimum absolute atomic E-state index is 0.173. The van der Waals surface area contributed by atoms with Crippen LogP contribution < -0.4 is 0 Å². The first kappa shape index (κ1) is 13.8. The van der Waals surface area contributed by atoms with Crippen molar-refractivity contribution >= 4 is 11.9 Å². The zero-order valence-corrected chi connectivity index (χ0v) is 9.23. The summed E-state index contributed by atoms with van der Waals surface area (Å²) in [6, 6.07) is 0. The van der Waals surface area contributed by atoms with E-state index < -0.39 is 36.9 Å². The molecule has 0 radical (unpaired) electrons. The summed E-state index contributed by atoms with van der Waals surface area (Å²) in [5.41, 5.74) is -1.55. The predicted octanol–water partition coefficient (Wildman–Crippen LogP) is 0.327. The van der Waals surface area contributed by atoms with E-state index in [4.69, 9.17) is 10.2 Å². The molecule has 2 N–H and O–H groups in total. The molecule has 1 fully saturated rings. The molecule has 0 aromatic rings. The van der Waals surface area contributed by atoms with Crippen molar-refractivity contribution in [2.24, 2.45) is 5.41 Å². The highest BCUT2D eigenvalue weighted by molar-refractivity contribution is 6.02. The summed E-state index contributed by atoms with van der Waals surface area (Å²) in [7, 11) is 0. The highest BCUT2D eigenvalue weighted by Gasteiger charge is 2.53. The van der Waals surface area contributed by atoms with Crippen molar-refractivity contribution < 1.29 is 28.6 Å². The third kappa shape index (κ3) is 2.71. The van der Waals surface area contributed by atoms with Crippen molar-refractivity contribution in [3.8, 4) is 0 Å². The Bertz CT molecular complexity index is 305. The summed E-state index contributed by atoms with van der Waals surface area (Å²) < 4.78 is 24.5. The molecule has 5 nitrogen and oxygen atoms in total. The van der Waals surface area contributed by atoms with E-state index in [9.17, 15) is 18.4 Å². The number of carbonyl (C=O) groups excluding carboxylic acids is 1. The molecule has 0 aromatic carbocycles. The molecule has 0 unspecified atom stereocenters. The van der Waals surface area contributed by atoms with Gasteiger partial charge in [-0.15, -0.1) is 0 Å². The Balaban J connectivity index is 2.79. The highest BCUT2D eigenvalue weighted by Crippen LogP contribution is 2.42. The minimum Gasteiger partial charge on any atom is -0.480 e. The number of hydrogen-bond donors (Lipinski definition) is 2. The second-order valence-electron chi connectivity index (χ2n) is 4.11. The van der Waals surface area contributed by atoms with E-state index >= 15 is 0 Å². The number of nitrogens with zero attached hydrogens (tertiary/aromatic N) is 1. The Kier molecular flexibility index (Phi) is 4.39.